The summed E-state index contributed by atoms with van der Waals surface area (Å²) in [6, 6.07) is 11.9. The molecule has 7 nitrogen and oxygen atoms in total. The maximum Gasteiger partial charge on any atom is 0.349 e. The van der Waals surface area contributed by atoms with E-state index in [1.54, 1.807) is 22.8 Å². The molecular weight excluding hydrogens is 477 g/mol. The molecule has 1 aliphatic rings. The van der Waals surface area contributed by atoms with E-state index in [-0.39, 0.29) is 11.2 Å². The minimum atomic E-state index is -1.52. The number of amides is 1. The minimum absolute atomic E-state index is 0.186. The van der Waals surface area contributed by atoms with E-state index in [0.717, 1.165) is 11.1 Å². The number of allylic oxidation sites excluding steroid dienone is 1. The molecule has 10 heteroatoms. The van der Waals surface area contributed by atoms with Crippen LogP contribution >= 0.6 is 34.8 Å². The van der Waals surface area contributed by atoms with Gasteiger partial charge in [-0.1, -0.05) is 46.9 Å². The second-order valence-corrected chi connectivity index (χ2v) is 8.17. The van der Waals surface area contributed by atoms with Crippen molar-refractivity contribution in [3.63, 3.8) is 0 Å². The predicted molar refractivity (Wildman–Crippen MR) is 125 cm³/mol. The van der Waals surface area contributed by atoms with Crippen molar-refractivity contribution in [2.75, 3.05) is 5.32 Å². The number of fused-ring (bicyclic) bond motifs is 2. The second kappa shape index (κ2) is 8.78. The first-order valence-electron chi connectivity index (χ1n) is 9.35. The van der Waals surface area contributed by atoms with Crippen molar-refractivity contribution in [1.29, 1.82) is 0 Å². The number of aliphatic carboxylic acids is 1. The van der Waals surface area contributed by atoms with Crippen LogP contribution in [0.5, 0.6) is 0 Å². The van der Waals surface area contributed by atoms with Gasteiger partial charge in [-0.25, -0.2) is 9.78 Å². The Morgan fingerprint density at radius 2 is 1.81 bits per heavy atom. The van der Waals surface area contributed by atoms with Gasteiger partial charge in [0.05, 0.1) is 10.9 Å². The zero-order valence-corrected chi connectivity index (χ0v) is 18.5. The Morgan fingerprint density at radius 3 is 2.50 bits per heavy atom. The van der Waals surface area contributed by atoms with Crippen molar-refractivity contribution in [3.8, 4) is 0 Å². The number of carboxylic acids is 1. The lowest BCUT2D eigenvalue weighted by molar-refractivity contribution is -0.132. The van der Waals surface area contributed by atoms with Gasteiger partial charge < -0.3 is 10.4 Å². The van der Waals surface area contributed by atoms with Crippen molar-refractivity contribution in [2.24, 2.45) is 0 Å². The molecule has 0 aliphatic carbocycles. The number of nitrogens with zero attached hydrogens (tertiary/aromatic N) is 2. The molecule has 2 aromatic carbocycles. The first-order chi connectivity index (χ1) is 15.2. The molecule has 0 fully saturated rings. The standard InChI is InChI=1S/C22H14Cl3N3O4/c23-13-3-1-11(2-4-13)9-12-7-8-28-19(12)27-16-10-14(5-6-15(16)21(28)30)26-20(29)17(24)18(25)22(31)32/h1-6,9-10H,7-8H2,(H,26,29)(H,31,32)/b12-9+,18-17-. The van der Waals surface area contributed by atoms with Crippen LogP contribution in [-0.2, 0) is 16.1 Å². The van der Waals surface area contributed by atoms with E-state index in [0.29, 0.717) is 34.7 Å². The molecule has 0 atom stereocenters. The summed E-state index contributed by atoms with van der Waals surface area (Å²) in [5.74, 6) is -1.86. The van der Waals surface area contributed by atoms with Gasteiger partial charge in [0, 0.05) is 17.3 Å². The van der Waals surface area contributed by atoms with Crippen molar-refractivity contribution < 1.29 is 14.7 Å². The topological polar surface area (TPSA) is 101 Å². The molecule has 162 valence electrons. The van der Waals surface area contributed by atoms with Crippen molar-refractivity contribution >= 4 is 74.9 Å². The summed E-state index contributed by atoms with van der Waals surface area (Å²) in [6.45, 7) is 0.517. The van der Waals surface area contributed by atoms with Gasteiger partial charge in [-0.15, -0.1) is 0 Å². The minimum Gasteiger partial charge on any atom is -0.477 e. The first-order valence-corrected chi connectivity index (χ1v) is 10.5. The van der Waals surface area contributed by atoms with Crippen LogP contribution in [0.25, 0.3) is 22.6 Å². The van der Waals surface area contributed by atoms with E-state index in [1.807, 2.05) is 18.2 Å². The average Bonchev–Trinajstić information content (AvgIpc) is 3.16. The third-order valence-electron chi connectivity index (χ3n) is 4.90. The van der Waals surface area contributed by atoms with Crippen LogP contribution in [0, 0.1) is 0 Å². The fourth-order valence-corrected chi connectivity index (χ4v) is 3.71. The summed E-state index contributed by atoms with van der Waals surface area (Å²) in [5, 5.41) is 10.9. The Kier molecular flexibility index (Phi) is 6.06. The van der Waals surface area contributed by atoms with Crippen LogP contribution in [0.3, 0.4) is 0 Å². The number of halogens is 3. The Bertz CT molecular complexity index is 1390. The van der Waals surface area contributed by atoms with Crippen molar-refractivity contribution in [3.05, 3.63) is 79.3 Å². The summed E-state index contributed by atoms with van der Waals surface area (Å²) >= 11 is 17.2. The van der Waals surface area contributed by atoms with Gasteiger partial charge in [-0.3, -0.25) is 14.2 Å². The van der Waals surface area contributed by atoms with Gasteiger partial charge in [-0.05, 0) is 54.0 Å². The van der Waals surface area contributed by atoms with Crippen LogP contribution in [0.15, 0.2) is 57.3 Å². The number of carboxylic acid groups (broad SMARTS) is 1. The lowest BCUT2D eigenvalue weighted by Gasteiger charge is -2.09. The second-order valence-electron chi connectivity index (χ2n) is 6.98. The predicted octanol–water partition coefficient (Wildman–Crippen LogP) is 4.71. The van der Waals surface area contributed by atoms with Gasteiger partial charge >= 0.3 is 5.97 Å². The van der Waals surface area contributed by atoms with Crippen LogP contribution in [0.4, 0.5) is 5.69 Å². The molecule has 4 rings (SSSR count). The highest BCUT2D eigenvalue weighted by molar-refractivity contribution is 6.54. The molecule has 3 aromatic rings. The third kappa shape index (κ3) is 4.27. The molecule has 0 unspecified atom stereocenters. The summed E-state index contributed by atoms with van der Waals surface area (Å²) in [5.41, 5.74) is 2.32. The van der Waals surface area contributed by atoms with Gasteiger partial charge in [0.1, 0.15) is 15.9 Å². The Hall–Kier alpha value is -3.13. The molecule has 2 N–H and O–H groups in total. The van der Waals surface area contributed by atoms with Crippen molar-refractivity contribution in [2.45, 2.75) is 13.0 Å². The third-order valence-corrected chi connectivity index (χ3v) is 5.96. The molecule has 0 radical (unpaired) electrons. The maximum atomic E-state index is 12.9. The summed E-state index contributed by atoms with van der Waals surface area (Å²) in [7, 11) is 0. The van der Waals surface area contributed by atoms with E-state index < -0.39 is 21.9 Å². The summed E-state index contributed by atoms with van der Waals surface area (Å²) in [4.78, 5) is 40.6. The largest absolute Gasteiger partial charge is 0.477 e. The smallest absolute Gasteiger partial charge is 0.349 e. The Balaban J connectivity index is 1.72. The van der Waals surface area contributed by atoms with Gasteiger partial charge in [-0.2, -0.15) is 0 Å². The highest BCUT2D eigenvalue weighted by atomic mass is 35.5. The van der Waals surface area contributed by atoms with E-state index >= 15 is 0 Å². The summed E-state index contributed by atoms with van der Waals surface area (Å²) in [6.07, 6.45) is 2.61. The zero-order chi connectivity index (χ0) is 23.0. The average molecular weight is 491 g/mol. The Labute approximate surface area is 196 Å². The summed E-state index contributed by atoms with van der Waals surface area (Å²) < 4.78 is 1.62. The molecule has 0 spiro atoms. The number of carbonyl (C=O) groups excluding carboxylic acids is 1. The van der Waals surface area contributed by atoms with E-state index in [1.165, 1.54) is 12.1 Å². The fourth-order valence-electron chi connectivity index (χ4n) is 3.37. The van der Waals surface area contributed by atoms with Crippen molar-refractivity contribution in [1.82, 2.24) is 9.55 Å². The van der Waals surface area contributed by atoms with Crippen LogP contribution in [0.2, 0.25) is 5.02 Å². The molecule has 1 amide bonds. The zero-order valence-electron chi connectivity index (χ0n) is 16.2. The molecule has 2 heterocycles. The highest BCUT2D eigenvalue weighted by Crippen LogP contribution is 2.28. The number of anilines is 1. The number of hydrogen-bond acceptors (Lipinski definition) is 4. The number of benzene rings is 2. The number of nitrogens with one attached hydrogen (secondary N) is 1. The Morgan fingerprint density at radius 1 is 1.09 bits per heavy atom. The molecule has 0 saturated carbocycles. The molecule has 0 saturated heterocycles. The monoisotopic (exact) mass is 489 g/mol. The molecule has 1 aliphatic heterocycles. The van der Waals surface area contributed by atoms with Gasteiger partial charge in [0.2, 0.25) is 0 Å². The normalized spacial score (nSPS) is 14.9. The maximum absolute atomic E-state index is 12.9. The van der Waals surface area contributed by atoms with E-state index in [4.69, 9.17) is 39.9 Å². The van der Waals surface area contributed by atoms with E-state index in [9.17, 15) is 14.4 Å². The lowest BCUT2D eigenvalue weighted by Crippen LogP contribution is -2.21. The van der Waals surface area contributed by atoms with Gasteiger partial charge in [0.25, 0.3) is 11.5 Å². The number of hydrogen-bond donors (Lipinski definition) is 2. The highest BCUT2D eigenvalue weighted by Gasteiger charge is 2.22. The molecular formula is C22H14Cl3N3O4. The fraction of sp³-hybridized carbons (Fsp3) is 0.0909. The number of rotatable bonds is 4. The van der Waals surface area contributed by atoms with Crippen LogP contribution < -0.4 is 10.9 Å². The molecule has 1 aromatic heterocycles. The van der Waals surface area contributed by atoms with Gasteiger partial charge in [0.15, 0.2) is 0 Å². The van der Waals surface area contributed by atoms with Crippen LogP contribution in [-0.4, -0.2) is 26.5 Å². The lowest BCUT2D eigenvalue weighted by atomic mass is 10.1. The quantitative estimate of drug-likeness (QED) is 0.516. The molecule has 0 bridgehead atoms. The SMILES string of the molecule is O=C(O)/C(Cl)=C(/Cl)C(=O)Nc1ccc2c(=O)n3c(nc2c1)/C(=C/c1ccc(Cl)cc1)CC3. The number of carbonyl (C=O) groups is 2. The molecule has 32 heavy (non-hydrogen) atoms. The first kappa shape index (κ1) is 22.1. The van der Waals surface area contributed by atoms with E-state index in [2.05, 4.69) is 10.3 Å². The van der Waals surface area contributed by atoms with Crippen LogP contribution in [0.1, 0.15) is 17.8 Å². The number of aromatic nitrogens is 2.